The van der Waals surface area contributed by atoms with Crippen molar-refractivity contribution in [3.8, 4) is 0 Å². The van der Waals surface area contributed by atoms with E-state index in [0.29, 0.717) is 6.54 Å². The van der Waals surface area contributed by atoms with Crippen LogP contribution in [0, 0.1) is 11.2 Å². The molecule has 1 atom stereocenters. The average Bonchev–Trinajstić information content (AvgIpc) is 2.72. The second kappa shape index (κ2) is 4.74. The standard InChI is InChI=1S/C12H14BrFN2O/c1-12(4-5-15-7-12)11(17)16-10-6-8(13)2-3-9(10)14/h2-3,6,15H,4-5,7H2,1H3,(H,16,17). The van der Waals surface area contributed by atoms with Crippen LogP contribution in [0.1, 0.15) is 13.3 Å². The Labute approximate surface area is 108 Å². The highest BCUT2D eigenvalue weighted by atomic mass is 79.9. The topological polar surface area (TPSA) is 41.1 Å². The van der Waals surface area contributed by atoms with Gasteiger partial charge in [-0.25, -0.2) is 4.39 Å². The summed E-state index contributed by atoms with van der Waals surface area (Å²) in [4.78, 5) is 12.1. The van der Waals surface area contributed by atoms with Crippen molar-refractivity contribution in [3.63, 3.8) is 0 Å². The first-order chi connectivity index (χ1) is 8.01. The number of carbonyl (C=O) groups is 1. The molecule has 3 nitrogen and oxygen atoms in total. The minimum atomic E-state index is -0.450. The molecular formula is C12H14BrFN2O. The summed E-state index contributed by atoms with van der Waals surface area (Å²) in [5.41, 5.74) is -0.230. The monoisotopic (exact) mass is 300 g/mol. The Morgan fingerprint density at radius 1 is 1.59 bits per heavy atom. The highest BCUT2D eigenvalue weighted by molar-refractivity contribution is 9.10. The van der Waals surface area contributed by atoms with Crippen LogP contribution in [0.3, 0.4) is 0 Å². The van der Waals surface area contributed by atoms with Gasteiger partial charge in [0.1, 0.15) is 5.82 Å². The molecule has 0 spiro atoms. The van der Waals surface area contributed by atoms with E-state index in [0.717, 1.165) is 17.4 Å². The van der Waals surface area contributed by atoms with Crippen LogP contribution in [0.15, 0.2) is 22.7 Å². The summed E-state index contributed by atoms with van der Waals surface area (Å²) in [5, 5.41) is 5.79. The van der Waals surface area contributed by atoms with Gasteiger partial charge in [-0.2, -0.15) is 0 Å². The number of nitrogens with one attached hydrogen (secondary N) is 2. The number of hydrogen-bond acceptors (Lipinski definition) is 2. The number of anilines is 1. The number of amides is 1. The SMILES string of the molecule is CC1(C(=O)Nc2cc(Br)ccc2F)CCNC1. The molecular weight excluding hydrogens is 287 g/mol. The van der Waals surface area contributed by atoms with Crippen molar-refractivity contribution in [3.05, 3.63) is 28.5 Å². The van der Waals surface area contributed by atoms with Crippen molar-refractivity contribution < 1.29 is 9.18 Å². The molecule has 1 heterocycles. The molecule has 1 fully saturated rings. The molecule has 0 radical (unpaired) electrons. The lowest BCUT2D eigenvalue weighted by atomic mass is 9.89. The van der Waals surface area contributed by atoms with Crippen molar-refractivity contribution in [2.24, 2.45) is 5.41 Å². The first-order valence-corrected chi connectivity index (χ1v) is 6.28. The van der Waals surface area contributed by atoms with Crippen LogP contribution >= 0.6 is 15.9 Å². The van der Waals surface area contributed by atoms with Gasteiger partial charge in [-0.1, -0.05) is 15.9 Å². The van der Waals surface area contributed by atoms with E-state index >= 15 is 0 Å². The zero-order valence-corrected chi connectivity index (χ0v) is 11.1. The molecule has 1 aromatic carbocycles. The van der Waals surface area contributed by atoms with Gasteiger partial charge in [0.25, 0.3) is 0 Å². The van der Waals surface area contributed by atoms with Gasteiger partial charge < -0.3 is 10.6 Å². The predicted molar refractivity (Wildman–Crippen MR) is 68.3 cm³/mol. The maximum absolute atomic E-state index is 13.5. The third-order valence-corrected chi connectivity index (χ3v) is 3.59. The maximum atomic E-state index is 13.5. The van der Waals surface area contributed by atoms with Crippen molar-refractivity contribution >= 4 is 27.5 Å². The molecule has 92 valence electrons. The van der Waals surface area contributed by atoms with E-state index in [4.69, 9.17) is 0 Å². The first kappa shape index (κ1) is 12.5. The second-order valence-electron chi connectivity index (χ2n) is 4.57. The Bertz CT molecular complexity index is 444. The van der Waals surface area contributed by atoms with Gasteiger partial charge in [0.05, 0.1) is 11.1 Å². The number of hydrogen-bond donors (Lipinski definition) is 2. The van der Waals surface area contributed by atoms with Gasteiger partial charge in [0.15, 0.2) is 0 Å². The zero-order valence-electron chi connectivity index (χ0n) is 9.52. The lowest BCUT2D eigenvalue weighted by Gasteiger charge is -2.21. The minimum Gasteiger partial charge on any atom is -0.323 e. The van der Waals surface area contributed by atoms with Gasteiger partial charge >= 0.3 is 0 Å². The smallest absolute Gasteiger partial charge is 0.231 e. The third-order valence-electron chi connectivity index (χ3n) is 3.09. The molecule has 1 aliphatic heterocycles. The summed E-state index contributed by atoms with van der Waals surface area (Å²) >= 11 is 3.25. The van der Waals surface area contributed by atoms with Crippen molar-refractivity contribution in [2.45, 2.75) is 13.3 Å². The van der Waals surface area contributed by atoms with Gasteiger partial charge in [0, 0.05) is 11.0 Å². The van der Waals surface area contributed by atoms with Gasteiger partial charge in [0.2, 0.25) is 5.91 Å². The van der Waals surface area contributed by atoms with E-state index in [1.54, 1.807) is 12.1 Å². The van der Waals surface area contributed by atoms with E-state index in [9.17, 15) is 9.18 Å². The predicted octanol–water partition coefficient (Wildman–Crippen LogP) is 2.53. The summed E-state index contributed by atoms with van der Waals surface area (Å²) < 4.78 is 14.2. The summed E-state index contributed by atoms with van der Waals surface area (Å²) in [6.07, 6.45) is 0.772. The third kappa shape index (κ3) is 2.66. The number of halogens is 2. The Morgan fingerprint density at radius 3 is 3.00 bits per heavy atom. The number of carbonyl (C=O) groups excluding carboxylic acids is 1. The Morgan fingerprint density at radius 2 is 2.35 bits per heavy atom. The molecule has 5 heteroatoms. The zero-order chi connectivity index (χ0) is 12.5. The molecule has 0 saturated carbocycles. The molecule has 1 aliphatic rings. The van der Waals surface area contributed by atoms with Crippen molar-refractivity contribution in [1.29, 1.82) is 0 Å². The fourth-order valence-electron chi connectivity index (χ4n) is 1.88. The Hall–Kier alpha value is -0.940. The summed E-state index contributed by atoms with van der Waals surface area (Å²) in [5.74, 6) is -0.560. The van der Waals surface area contributed by atoms with Gasteiger partial charge in [-0.3, -0.25) is 4.79 Å². The van der Waals surface area contributed by atoms with E-state index in [2.05, 4.69) is 26.6 Å². The van der Waals surface area contributed by atoms with E-state index < -0.39 is 11.2 Å². The second-order valence-corrected chi connectivity index (χ2v) is 5.48. The van der Waals surface area contributed by atoms with Crippen molar-refractivity contribution in [1.82, 2.24) is 5.32 Å². The van der Waals surface area contributed by atoms with Crippen LogP contribution in [0.25, 0.3) is 0 Å². The van der Waals surface area contributed by atoms with Crippen LogP contribution < -0.4 is 10.6 Å². The largest absolute Gasteiger partial charge is 0.323 e. The molecule has 2 N–H and O–H groups in total. The lowest BCUT2D eigenvalue weighted by Crippen LogP contribution is -2.35. The van der Waals surface area contributed by atoms with E-state index in [1.807, 2.05) is 6.92 Å². The molecule has 17 heavy (non-hydrogen) atoms. The molecule has 1 unspecified atom stereocenters. The molecule has 1 aromatic rings. The average molecular weight is 301 g/mol. The van der Waals surface area contributed by atoms with Gasteiger partial charge in [-0.15, -0.1) is 0 Å². The highest BCUT2D eigenvalue weighted by Gasteiger charge is 2.36. The summed E-state index contributed by atoms with van der Waals surface area (Å²) in [6, 6.07) is 4.50. The molecule has 0 aliphatic carbocycles. The van der Waals surface area contributed by atoms with E-state index in [-0.39, 0.29) is 11.6 Å². The minimum absolute atomic E-state index is 0.139. The van der Waals surface area contributed by atoms with Crippen LogP contribution in [-0.2, 0) is 4.79 Å². The quantitative estimate of drug-likeness (QED) is 0.881. The maximum Gasteiger partial charge on any atom is 0.231 e. The molecule has 0 bridgehead atoms. The number of rotatable bonds is 2. The lowest BCUT2D eigenvalue weighted by molar-refractivity contribution is -0.123. The fourth-order valence-corrected chi connectivity index (χ4v) is 2.24. The van der Waals surface area contributed by atoms with Crippen LogP contribution in [0.2, 0.25) is 0 Å². The van der Waals surface area contributed by atoms with E-state index in [1.165, 1.54) is 6.07 Å². The summed E-state index contributed by atoms with van der Waals surface area (Å²) in [6.45, 7) is 3.34. The number of benzene rings is 1. The summed E-state index contributed by atoms with van der Waals surface area (Å²) in [7, 11) is 0. The molecule has 1 amide bonds. The van der Waals surface area contributed by atoms with Crippen LogP contribution in [0.5, 0.6) is 0 Å². The molecule has 2 rings (SSSR count). The fraction of sp³-hybridized carbons (Fsp3) is 0.417. The van der Waals surface area contributed by atoms with Crippen LogP contribution in [-0.4, -0.2) is 19.0 Å². The first-order valence-electron chi connectivity index (χ1n) is 5.48. The Kier molecular flexibility index (Phi) is 3.49. The van der Waals surface area contributed by atoms with Crippen LogP contribution in [0.4, 0.5) is 10.1 Å². The van der Waals surface area contributed by atoms with Crippen molar-refractivity contribution in [2.75, 3.05) is 18.4 Å². The Balaban J connectivity index is 2.15. The van der Waals surface area contributed by atoms with Gasteiger partial charge in [-0.05, 0) is 38.1 Å². The molecule has 1 saturated heterocycles. The molecule has 0 aromatic heterocycles. The highest BCUT2D eigenvalue weighted by Crippen LogP contribution is 2.28. The normalized spacial score (nSPS) is 23.7.